The molecule has 0 aliphatic heterocycles. The van der Waals surface area contributed by atoms with Crippen LogP contribution in [0, 0.1) is 23.5 Å². The van der Waals surface area contributed by atoms with E-state index >= 15 is 0 Å². The molecule has 2 aliphatic rings. The number of nitrogens with one attached hydrogen (secondary N) is 1. The number of hydrogen-bond donors (Lipinski definition) is 1. The number of anilines is 1. The summed E-state index contributed by atoms with van der Waals surface area (Å²) in [6.07, 6.45) is 1.65. The predicted molar refractivity (Wildman–Crippen MR) is 90.2 cm³/mol. The fourth-order valence-electron chi connectivity index (χ4n) is 3.79. The minimum atomic E-state index is -0.747. The smallest absolute Gasteiger partial charge is 0.277 e. The SMILES string of the molecule is O=C(Nc1cccc(F)n1)c1nn(-c2ccc(F)cc2F)c2c1C[C@H]1C[C@@H]21. The van der Waals surface area contributed by atoms with Gasteiger partial charge in [-0.3, -0.25) is 4.79 Å². The van der Waals surface area contributed by atoms with E-state index in [0.717, 1.165) is 29.8 Å². The molecule has 1 N–H and O–H groups in total. The van der Waals surface area contributed by atoms with E-state index in [2.05, 4.69) is 15.4 Å². The van der Waals surface area contributed by atoms with Crippen LogP contribution in [0.3, 0.4) is 0 Å². The molecular formula is C19H13F3N4O. The van der Waals surface area contributed by atoms with Gasteiger partial charge in [0.15, 0.2) is 11.5 Å². The average molecular weight is 370 g/mol. The molecule has 2 aromatic heterocycles. The van der Waals surface area contributed by atoms with Crippen molar-refractivity contribution in [1.29, 1.82) is 0 Å². The maximum atomic E-state index is 14.3. The van der Waals surface area contributed by atoms with E-state index in [1.54, 1.807) is 0 Å². The highest BCUT2D eigenvalue weighted by molar-refractivity contribution is 6.03. The maximum absolute atomic E-state index is 14.3. The average Bonchev–Trinajstić information content (AvgIpc) is 3.12. The van der Waals surface area contributed by atoms with Crippen LogP contribution in [-0.2, 0) is 6.42 Å². The molecular weight excluding hydrogens is 357 g/mol. The van der Waals surface area contributed by atoms with Crippen molar-refractivity contribution in [3.8, 4) is 5.69 Å². The molecule has 0 radical (unpaired) electrons. The number of halogens is 3. The molecule has 0 spiro atoms. The van der Waals surface area contributed by atoms with Crippen molar-refractivity contribution in [3.63, 3.8) is 0 Å². The van der Waals surface area contributed by atoms with E-state index in [4.69, 9.17) is 0 Å². The Bertz CT molecular complexity index is 1090. The van der Waals surface area contributed by atoms with Crippen molar-refractivity contribution in [3.05, 3.63) is 70.9 Å². The normalized spacial score (nSPS) is 19.5. The van der Waals surface area contributed by atoms with E-state index in [0.29, 0.717) is 12.3 Å². The van der Waals surface area contributed by atoms with E-state index in [1.807, 2.05) is 0 Å². The van der Waals surface area contributed by atoms with Crippen LogP contribution in [0.25, 0.3) is 5.69 Å². The summed E-state index contributed by atoms with van der Waals surface area (Å²) >= 11 is 0. The first-order valence-corrected chi connectivity index (χ1v) is 8.52. The summed E-state index contributed by atoms with van der Waals surface area (Å²) in [5, 5.41) is 6.84. The standard InChI is InChI=1S/C19H13F3N4O/c20-10-4-5-14(13(21)8-10)26-18-11-6-9(11)7-12(18)17(25-26)19(27)24-16-3-1-2-15(22)23-16/h1-5,8-9,11H,6-7H2,(H,23,24,27)/t9-,11-/m1/s1. The van der Waals surface area contributed by atoms with Gasteiger partial charge in [0, 0.05) is 17.5 Å². The Morgan fingerprint density at radius 2 is 2.04 bits per heavy atom. The molecule has 0 unspecified atom stereocenters. The van der Waals surface area contributed by atoms with Crippen LogP contribution in [0.15, 0.2) is 36.4 Å². The maximum Gasteiger partial charge on any atom is 0.277 e. The highest BCUT2D eigenvalue weighted by Crippen LogP contribution is 2.57. The molecule has 1 fully saturated rings. The highest BCUT2D eigenvalue weighted by Gasteiger charge is 2.50. The first-order chi connectivity index (χ1) is 13.0. The van der Waals surface area contributed by atoms with Crippen LogP contribution in [-0.4, -0.2) is 20.7 Å². The fourth-order valence-corrected chi connectivity index (χ4v) is 3.79. The van der Waals surface area contributed by atoms with Crippen LogP contribution in [0.4, 0.5) is 19.0 Å². The second-order valence-electron chi connectivity index (χ2n) is 6.83. The number of carbonyl (C=O) groups is 1. The number of carbonyl (C=O) groups excluding carboxylic acids is 1. The van der Waals surface area contributed by atoms with Crippen LogP contribution in [0.2, 0.25) is 0 Å². The van der Waals surface area contributed by atoms with E-state index < -0.39 is 23.5 Å². The van der Waals surface area contributed by atoms with Gasteiger partial charge < -0.3 is 5.32 Å². The predicted octanol–water partition coefficient (Wildman–Crippen LogP) is 3.60. The highest BCUT2D eigenvalue weighted by atomic mass is 19.1. The second-order valence-corrected chi connectivity index (χ2v) is 6.83. The molecule has 27 heavy (non-hydrogen) atoms. The lowest BCUT2D eigenvalue weighted by atomic mass is 10.1. The monoisotopic (exact) mass is 370 g/mol. The van der Waals surface area contributed by atoms with Gasteiger partial charge in [0.25, 0.3) is 5.91 Å². The molecule has 5 nitrogen and oxygen atoms in total. The second kappa shape index (κ2) is 5.67. The molecule has 2 heterocycles. The molecule has 0 saturated heterocycles. The minimum Gasteiger partial charge on any atom is -0.305 e. The van der Waals surface area contributed by atoms with Gasteiger partial charge in [-0.05, 0) is 43.0 Å². The van der Waals surface area contributed by atoms with Crippen LogP contribution < -0.4 is 5.32 Å². The molecule has 1 aromatic carbocycles. The third-order valence-corrected chi connectivity index (χ3v) is 5.07. The summed E-state index contributed by atoms with van der Waals surface area (Å²) < 4.78 is 42.2. The van der Waals surface area contributed by atoms with Gasteiger partial charge >= 0.3 is 0 Å². The fraction of sp³-hybridized carbons (Fsp3) is 0.211. The Morgan fingerprint density at radius 3 is 2.81 bits per heavy atom. The zero-order valence-corrected chi connectivity index (χ0v) is 13.9. The van der Waals surface area contributed by atoms with Crippen molar-refractivity contribution in [2.24, 2.45) is 5.92 Å². The Kier molecular flexibility index (Phi) is 3.37. The number of rotatable bonds is 3. The third-order valence-electron chi connectivity index (χ3n) is 5.07. The van der Waals surface area contributed by atoms with Crippen molar-refractivity contribution in [2.75, 3.05) is 5.32 Å². The Balaban J connectivity index is 1.56. The van der Waals surface area contributed by atoms with Crippen molar-refractivity contribution in [2.45, 2.75) is 18.8 Å². The summed E-state index contributed by atoms with van der Waals surface area (Å²) in [4.78, 5) is 16.3. The van der Waals surface area contributed by atoms with Gasteiger partial charge in [-0.15, -0.1) is 0 Å². The van der Waals surface area contributed by atoms with Gasteiger partial charge in [-0.1, -0.05) is 6.07 Å². The topological polar surface area (TPSA) is 59.8 Å². The van der Waals surface area contributed by atoms with Crippen LogP contribution in [0.5, 0.6) is 0 Å². The van der Waals surface area contributed by atoms with E-state index in [-0.39, 0.29) is 23.1 Å². The summed E-state index contributed by atoms with van der Waals surface area (Å²) in [7, 11) is 0. The summed E-state index contributed by atoms with van der Waals surface area (Å²) in [6.45, 7) is 0. The van der Waals surface area contributed by atoms with Gasteiger partial charge in [-0.2, -0.15) is 9.49 Å². The van der Waals surface area contributed by atoms with Gasteiger partial charge in [-0.25, -0.2) is 18.4 Å². The zero-order valence-electron chi connectivity index (χ0n) is 13.9. The number of nitrogens with zero attached hydrogens (tertiary/aromatic N) is 3. The lowest BCUT2D eigenvalue weighted by Gasteiger charge is -2.07. The Hall–Kier alpha value is -3.16. The molecule has 1 amide bonds. The lowest BCUT2D eigenvalue weighted by Crippen LogP contribution is -2.16. The summed E-state index contributed by atoms with van der Waals surface area (Å²) in [5.41, 5.74) is 1.81. The number of pyridine rings is 1. The lowest BCUT2D eigenvalue weighted by molar-refractivity contribution is 0.102. The number of aromatic nitrogens is 3. The zero-order chi connectivity index (χ0) is 18.7. The molecule has 1 saturated carbocycles. The first-order valence-electron chi connectivity index (χ1n) is 8.52. The first kappa shape index (κ1) is 16.0. The van der Waals surface area contributed by atoms with Crippen molar-refractivity contribution >= 4 is 11.7 Å². The number of amides is 1. The van der Waals surface area contributed by atoms with Gasteiger partial charge in [0.2, 0.25) is 5.95 Å². The summed E-state index contributed by atoms with van der Waals surface area (Å²) in [5.74, 6) is -1.95. The quantitative estimate of drug-likeness (QED) is 0.717. The molecule has 0 bridgehead atoms. The molecule has 8 heteroatoms. The Morgan fingerprint density at radius 1 is 1.19 bits per heavy atom. The molecule has 3 aromatic rings. The number of hydrogen-bond acceptors (Lipinski definition) is 3. The van der Waals surface area contributed by atoms with Crippen LogP contribution >= 0.6 is 0 Å². The largest absolute Gasteiger partial charge is 0.305 e. The van der Waals surface area contributed by atoms with Crippen molar-refractivity contribution in [1.82, 2.24) is 14.8 Å². The Labute approximate surface area is 151 Å². The van der Waals surface area contributed by atoms with Gasteiger partial charge in [0.05, 0.1) is 5.69 Å². The van der Waals surface area contributed by atoms with E-state index in [1.165, 1.54) is 28.9 Å². The molecule has 2 atom stereocenters. The molecule has 5 rings (SSSR count). The molecule has 2 aliphatic carbocycles. The minimum absolute atomic E-state index is 0.0689. The van der Waals surface area contributed by atoms with Gasteiger partial charge in [0.1, 0.15) is 17.3 Å². The number of fused-ring (bicyclic) bond motifs is 3. The molecule has 136 valence electrons. The summed E-state index contributed by atoms with van der Waals surface area (Å²) in [6, 6.07) is 7.33. The third kappa shape index (κ3) is 2.59. The van der Waals surface area contributed by atoms with Crippen LogP contribution in [0.1, 0.15) is 34.1 Å². The number of benzene rings is 1. The van der Waals surface area contributed by atoms with E-state index in [9.17, 15) is 18.0 Å². The van der Waals surface area contributed by atoms with Crippen molar-refractivity contribution < 1.29 is 18.0 Å².